The van der Waals surface area contributed by atoms with Gasteiger partial charge < -0.3 is 15.5 Å². The molecule has 0 aliphatic carbocycles. The summed E-state index contributed by atoms with van der Waals surface area (Å²) in [6.07, 6.45) is 3.31. The van der Waals surface area contributed by atoms with Gasteiger partial charge in [-0.25, -0.2) is 4.98 Å². The maximum absolute atomic E-state index is 13.3. The van der Waals surface area contributed by atoms with Crippen LogP contribution in [0.2, 0.25) is 0 Å². The second-order valence-corrected chi connectivity index (χ2v) is 7.52. The summed E-state index contributed by atoms with van der Waals surface area (Å²) in [5.74, 6) is 0.0697. The second kappa shape index (κ2) is 7.39. The van der Waals surface area contributed by atoms with Crippen LogP contribution in [-0.2, 0) is 0 Å². The van der Waals surface area contributed by atoms with E-state index >= 15 is 0 Å². The maximum atomic E-state index is 13.3. The van der Waals surface area contributed by atoms with Crippen molar-refractivity contribution in [1.82, 2.24) is 14.5 Å². The van der Waals surface area contributed by atoms with Crippen LogP contribution < -0.4 is 16.0 Å². The van der Waals surface area contributed by atoms with E-state index in [2.05, 4.69) is 9.97 Å². The molecule has 0 spiro atoms. The van der Waals surface area contributed by atoms with Gasteiger partial charge in [-0.05, 0) is 53.9 Å². The number of carbonyl (C=O) groups is 1. The number of fused-ring (bicyclic) bond motifs is 2. The van der Waals surface area contributed by atoms with E-state index in [1.807, 2.05) is 37.3 Å². The van der Waals surface area contributed by atoms with Crippen LogP contribution in [0, 0.1) is 6.92 Å². The van der Waals surface area contributed by atoms with Gasteiger partial charge in [-0.2, -0.15) is 0 Å². The molecule has 0 bridgehead atoms. The van der Waals surface area contributed by atoms with Gasteiger partial charge in [0.2, 0.25) is 0 Å². The van der Waals surface area contributed by atoms with Gasteiger partial charge in [-0.1, -0.05) is 24.3 Å². The molecule has 32 heavy (non-hydrogen) atoms. The lowest BCUT2D eigenvalue weighted by Gasteiger charge is -2.15. The fourth-order valence-corrected chi connectivity index (χ4v) is 4.23. The number of nitrogens with two attached hydrogens (primary N) is 1. The molecule has 7 heteroatoms. The number of amides is 1. The summed E-state index contributed by atoms with van der Waals surface area (Å²) in [4.78, 5) is 32.7. The van der Waals surface area contributed by atoms with Gasteiger partial charge in [0.15, 0.2) is 0 Å². The summed E-state index contributed by atoms with van der Waals surface area (Å²) in [5.41, 5.74) is 10.5. The van der Waals surface area contributed by atoms with Crippen molar-refractivity contribution in [2.75, 3.05) is 7.11 Å². The number of aromatic amines is 1. The monoisotopic (exact) mass is 424 g/mol. The Morgan fingerprint density at radius 1 is 1.03 bits per heavy atom. The highest BCUT2D eigenvalue weighted by atomic mass is 16.5. The van der Waals surface area contributed by atoms with Crippen LogP contribution in [0.5, 0.6) is 5.75 Å². The molecular weight excluding hydrogens is 404 g/mol. The predicted molar refractivity (Wildman–Crippen MR) is 124 cm³/mol. The first-order valence-corrected chi connectivity index (χ1v) is 10.1. The highest BCUT2D eigenvalue weighted by Crippen LogP contribution is 2.34. The predicted octanol–water partition coefficient (Wildman–Crippen LogP) is 3.95. The summed E-state index contributed by atoms with van der Waals surface area (Å²) in [6.45, 7) is 1.97. The average Bonchev–Trinajstić information content (AvgIpc) is 3.29. The second-order valence-electron chi connectivity index (χ2n) is 7.52. The zero-order valence-electron chi connectivity index (χ0n) is 17.5. The molecule has 0 saturated carbocycles. The van der Waals surface area contributed by atoms with Gasteiger partial charge >= 0.3 is 0 Å². The molecule has 0 atom stereocenters. The number of methoxy groups -OCH3 is 1. The zero-order valence-corrected chi connectivity index (χ0v) is 17.5. The molecule has 0 radical (unpaired) electrons. The Morgan fingerprint density at radius 2 is 1.84 bits per heavy atom. The first kappa shape index (κ1) is 19.6. The van der Waals surface area contributed by atoms with E-state index in [0.29, 0.717) is 27.7 Å². The molecule has 3 aromatic carbocycles. The van der Waals surface area contributed by atoms with E-state index in [-0.39, 0.29) is 5.56 Å². The molecule has 158 valence electrons. The first-order chi connectivity index (χ1) is 15.5. The number of primary amides is 1. The van der Waals surface area contributed by atoms with Crippen LogP contribution in [-0.4, -0.2) is 27.6 Å². The minimum atomic E-state index is -0.487. The number of rotatable bonds is 4. The Hall–Kier alpha value is -4.39. The van der Waals surface area contributed by atoms with Crippen LogP contribution >= 0.6 is 0 Å². The van der Waals surface area contributed by atoms with E-state index in [0.717, 1.165) is 27.8 Å². The normalized spacial score (nSPS) is 11.2. The SMILES string of the molecule is COc1cccc2c(=O)n(-c3cccc(-c4ccc(C(N)=O)c5[nH]ccc45)c3C)cnc12. The first-order valence-electron chi connectivity index (χ1n) is 10.1. The van der Waals surface area contributed by atoms with Crippen LogP contribution in [0.3, 0.4) is 0 Å². The third kappa shape index (κ3) is 2.86. The number of para-hydroxylation sites is 1. The molecule has 5 aromatic rings. The zero-order chi connectivity index (χ0) is 22.4. The molecule has 0 unspecified atom stereocenters. The van der Waals surface area contributed by atoms with Gasteiger partial charge in [-0.3, -0.25) is 14.2 Å². The van der Waals surface area contributed by atoms with E-state index < -0.39 is 5.91 Å². The number of hydrogen-bond acceptors (Lipinski definition) is 4. The van der Waals surface area contributed by atoms with Gasteiger partial charge in [0.05, 0.1) is 29.3 Å². The average molecular weight is 424 g/mol. The van der Waals surface area contributed by atoms with Crippen LogP contribution in [0.1, 0.15) is 15.9 Å². The molecule has 7 nitrogen and oxygen atoms in total. The van der Waals surface area contributed by atoms with Gasteiger partial charge in [0, 0.05) is 11.6 Å². The van der Waals surface area contributed by atoms with Crippen molar-refractivity contribution in [1.29, 1.82) is 0 Å². The number of H-pyrrole nitrogens is 1. The van der Waals surface area contributed by atoms with E-state index in [1.165, 1.54) is 6.33 Å². The molecule has 2 heterocycles. The highest BCUT2D eigenvalue weighted by molar-refractivity contribution is 6.09. The number of nitrogens with zero attached hydrogens (tertiary/aromatic N) is 2. The van der Waals surface area contributed by atoms with E-state index in [4.69, 9.17) is 10.5 Å². The molecule has 2 aromatic heterocycles. The number of aromatic nitrogens is 3. The number of hydrogen-bond donors (Lipinski definition) is 2. The van der Waals surface area contributed by atoms with E-state index in [9.17, 15) is 9.59 Å². The van der Waals surface area contributed by atoms with Crippen molar-refractivity contribution in [2.24, 2.45) is 5.73 Å². The molecule has 0 saturated heterocycles. The molecule has 1 amide bonds. The fourth-order valence-electron chi connectivity index (χ4n) is 4.23. The molecule has 0 aliphatic heterocycles. The Labute approximate surface area is 183 Å². The smallest absolute Gasteiger partial charge is 0.265 e. The van der Waals surface area contributed by atoms with Crippen molar-refractivity contribution >= 4 is 27.7 Å². The minimum Gasteiger partial charge on any atom is -0.494 e. The van der Waals surface area contributed by atoms with Crippen LogP contribution in [0.25, 0.3) is 38.6 Å². The molecule has 3 N–H and O–H groups in total. The quantitative estimate of drug-likeness (QED) is 0.456. The van der Waals surface area contributed by atoms with Crippen molar-refractivity contribution < 1.29 is 9.53 Å². The van der Waals surface area contributed by atoms with Crippen molar-refractivity contribution in [3.63, 3.8) is 0 Å². The standard InChI is InChI=1S/C25H20N4O3/c1-14-15(16-9-10-18(24(26)30)22-17(16)11-12-27-22)5-3-7-20(14)29-13-28-23-19(25(29)31)6-4-8-21(23)32-2/h3-13,27H,1-2H3,(H2,26,30). The lowest BCUT2D eigenvalue weighted by molar-refractivity contribution is 0.100. The summed E-state index contributed by atoms with van der Waals surface area (Å²) in [5, 5.41) is 1.37. The lowest BCUT2D eigenvalue weighted by Crippen LogP contribution is -2.20. The lowest BCUT2D eigenvalue weighted by atomic mass is 9.94. The topological polar surface area (TPSA) is 103 Å². The van der Waals surface area contributed by atoms with Crippen molar-refractivity contribution in [3.05, 3.63) is 88.6 Å². The van der Waals surface area contributed by atoms with Crippen molar-refractivity contribution in [3.8, 4) is 22.6 Å². The van der Waals surface area contributed by atoms with Gasteiger partial charge in [0.1, 0.15) is 17.6 Å². The Balaban J connectivity index is 1.73. The number of benzene rings is 3. The number of carbonyl (C=O) groups excluding carboxylic acids is 1. The molecule has 0 aliphatic rings. The van der Waals surface area contributed by atoms with Gasteiger partial charge in [-0.15, -0.1) is 0 Å². The minimum absolute atomic E-state index is 0.176. The number of nitrogens with one attached hydrogen (secondary N) is 1. The van der Waals surface area contributed by atoms with Crippen molar-refractivity contribution in [2.45, 2.75) is 6.92 Å². The summed E-state index contributed by atoms with van der Waals surface area (Å²) < 4.78 is 6.89. The summed E-state index contributed by atoms with van der Waals surface area (Å²) >= 11 is 0. The van der Waals surface area contributed by atoms with E-state index in [1.54, 1.807) is 42.1 Å². The third-order valence-corrected chi connectivity index (χ3v) is 5.81. The Morgan fingerprint density at radius 3 is 2.62 bits per heavy atom. The summed E-state index contributed by atoms with van der Waals surface area (Å²) in [7, 11) is 1.56. The molecular formula is C25H20N4O3. The highest BCUT2D eigenvalue weighted by Gasteiger charge is 2.16. The largest absolute Gasteiger partial charge is 0.494 e. The molecule has 0 fully saturated rings. The molecule has 5 rings (SSSR count). The Kier molecular flexibility index (Phi) is 4.52. The number of ether oxygens (including phenoxy) is 1. The van der Waals surface area contributed by atoms with Crippen LogP contribution in [0.4, 0.5) is 0 Å². The summed E-state index contributed by atoms with van der Waals surface area (Å²) in [6, 6.07) is 16.6. The van der Waals surface area contributed by atoms with Gasteiger partial charge in [0.25, 0.3) is 11.5 Å². The maximum Gasteiger partial charge on any atom is 0.265 e. The third-order valence-electron chi connectivity index (χ3n) is 5.81. The fraction of sp³-hybridized carbons (Fsp3) is 0.0800. The van der Waals surface area contributed by atoms with Crippen LogP contribution in [0.15, 0.2) is 71.9 Å². The Bertz CT molecular complexity index is 1580.